The van der Waals surface area contributed by atoms with E-state index in [1.165, 1.54) is 12.5 Å². The van der Waals surface area contributed by atoms with E-state index in [2.05, 4.69) is 30.9 Å². The number of hydrogen-bond donors (Lipinski definition) is 9. The van der Waals surface area contributed by atoms with Gasteiger partial charge in [-0.25, -0.2) is 9.78 Å². The predicted molar refractivity (Wildman–Crippen MR) is 152 cm³/mol. The van der Waals surface area contributed by atoms with Crippen LogP contribution in [0, 0.1) is 0 Å². The summed E-state index contributed by atoms with van der Waals surface area (Å²) in [6.45, 7) is 0.253. The number of nitrogens with zero attached hydrogens (tertiary/aromatic N) is 2. The van der Waals surface area contributed by atoms with E-state index in [4.69, 9.17) is 22.9 Å². The highest BCUT2D eigenvalue weighted by molar-refractivity contribution is 5.94. The average Bonchev–Trinajstić information content (AvgIpc) is 3.45. The van der Waals surface area contributed by atoms with E-state index in [0.29, 0.717) is 17.7 Å². The van der Waals surface area contributed by atoms with Gasteiger partial charge in [0.05, 0.1) is 12.4 Å². The molecule has 1 heterocycles. The SMILES string of the molecule is NC(=O)CCC(NC(=O)C(N)CCCN=C(N)N)C(=O)NC(Cc1ccccc1)C(=O)NC(Cc1cnc[nH]1)C(=O)O. The number of guanidine groups is 1. The molecule has 1 aromatic heterocycles. The van der Waals surface area contributed by atoms with Gasteiger partial charge in [0, 0.05) is 37.7 Å². The number of amides is 4. The van der Waals surface area contributed by atoms with Crippen molar-refractivity contribution in [2.24, 2.45) is 27.9 Å². The van der Waals surface area contributed by atoms with Gasteiger partial charge in [-0.2, -0.15) is 0 Å². The molecule has 228 valence electrons. The van der Waals surface area contributed by atoms with Crippen LogP contribution in [0.2, 0.25) is 0 Å². The van der Waals surface area contributed by atoms with Gasteiger partial charge >= 0.3 is 5.97 Å². The predicted octanol–water partition coefficient (Wildman–Crippen LogP) is -2.62. The second-order valence-electron chi connectivity index (χ2n) is 9.55. The Hall–Kier alpha value is -4.99. The zero-order chi connectivity index (χ0) is 31.1. The molecule has 4 atom stereocenters. The number of aromatic nitrogens is 2. The van der Waals surface area contributed by atoms with E-state index in [-0.39, 0.29) is 44.6 Å². The number of aliphatic carboxylic acids is 1. The van der Waals surface area contributed by atoms with Crippen molar-refractivity contribution in [2.45, 2.75) is 62.7 Å². The number of nitrogens with one attached hydrogen (secondary N) is 4. The standard InChI is InChI=1S/C26H38N10O6/c27-17(7-4-10-32-26(29)30)22(38)34-18(8-9-21(28)37)23(39)35-19(11-15-5-2-1-3-6-15)24(40)36-20(25(41)42)12-16-13-31-14-33-16/h1-3,5-6,13-14,17-20H,4,7-12,27H2,(H2,28,37)(H,31,33)(H,34,38)(H,35,39)(H,36,40)(H,41,42)(H4,29,30,32). The van der Waals surface area contributed by atoms with Gasteiger partial charge in [0.15, 0.2) is 5.96 Å². The first-order chi connectivity index (χ1) is 20.0. The summed E-state index contributed by atoms with van der Waals surface area (Å²) < 4.78 is 0. The van der Waals surface area contributed by atoms with E-state index in [9.17, 15) is 29.1 Å². The number of H-pyrrole nitrogens is 1. The molecule has 4 unspecified atom stereocenters. The molecule has 0 aliphatic heterocycles. The van der Waals surface area contributed by atoms with Crippen molar-refractivity contribution in [1.82, 2.24) is 25.9 Å². The summed E-state index contributed by atoms with van der Waals surface area (Å²) in [7, 11) is 0. The highest BCUT2D eigenvalue weighted by Crippen LogP contribution is 2.08. The van der Waals surface area contributed by atoms with Crippen LogP contribution in [0.1, 0.15) is 36.9 Å². The molecule has 16 heteroatoms. The second kappa shape index (κ2) is 17.0. The summed E-state index contributed by atoms with van der Waals surface area (Å²) in [5.74, 6) is -4.31. The summed E-state index contributed by atoms with van der Waals surface area (Å²) in [5, 5.41) is 17.2. The number of benzene rings is 1. The van der Waals surface area contributed by atoms with Crippen LogP contribution in [-0.4, -0.2) is 81.3 Å². The van der Waals surface area contributed by atoms with Gasteiger partial charge in [0.1, 0.15) is 18.1 Å². The lowest BCUT2D eigenvalue weighted by Crippen LogP contribution is -2.58. The Kier molecular flexibility index (Phi) is 13.4. The molecule has 13 N–H and O–H groups in total. The fraction of sp³-hybridized carbons (Fsp3) is 0.423. The van der Waals surface area contributed by atoms with Crippen molar-refractivity contribution in [3.8, 4) is 0 Å². The van der Waals surface area contributed by atoms with Crippen LogP contribution >= 0.6 is 0 Å². The Bertz CT molecular complexity index is 1220. The van der Waals surface area contributed by atoms with Gasteiger partial charge in [-0.1, -0.05) is 30.3 Å². The number of nitrogens with two attached hydrogens (primary N) is 4. The molecule has 16 nitrogen and oxygen atoms in total. The number of carbonyl (C=O) groups is 5. The lowest BCUT2D eigenvalue weighted by molar-refractivity contribution is -0.142. The average molecular weight is 587 g/mol. The van der Waals surface area contributed by atoms with Gasteiger partial charge in [-0.15, -0.1) is 0 Å². The zero-order valence-electron chi connectivity index (χ0n) is 23.0. The summed E-state index contributed by atoms with van der Waals surface area (Å²) in [6, 6.07) is 3.91. The van der Waals surface area contributed by atoms with Gasteiger partial charge in [-0.3, -0.25) is 24.2 Å². The van der Waals surface area contributed by atoms with E-state index < -0.39 is 53.8 Å². The molecular weight excluding hydrogens is 548 g/mol. The number of rotatable bonds is 18. The van der Waals surface area contributed by atoms with Crippen LogP contribution in [0.5, 0.6) is 0 Å². The van der Waals surface area contributed by atoms with Crippen molar-refractivity contribution < 1.29 is 29.1 Å². The van der Waals surface area contributed by atoms with Crippen molar-refractivity contribution in [3.63, 3.8) is 0 Å². The normalized spacial score (nSPS) is 13.5. The minimum atomic E-state index is -1.32. The number of aliphatic imine (C=N–C) groups is 1. The first kappa shape index (κ1) is 33.2. The number of hydrogen-bond acceptors (Lipinski definition) is 8. The molecular formula is C26H38N10O6. The highest BCUT2D eigenvalue weighted by Gasteiger charge is 2.31. The summed E-state index contributed by atoms with van der Waals surface area (Å²) in [4.78, 5) is 73.2. The Labute approximate surface area is 242 Å². The molecule has 4 amide bonds. The van der Waals surface area contributed by atoms with Gasteiger partial charge < -0.3 is 49.0 Å². The van der Waals surface area contributed by atoms with Gasteiger partial charge in [0.25, 0.3) is 0 Å². The maximum absolute atomic E-state index is 13.4. The molecule has 0 saturated heterocycles. The fourth-order valence-electron chi connectivity index (χ4n) is 3.90. The van der Waals surface area contributed by atoms with Gasteiger partial charge in [0.2, 0.25) is 23.6 Å². The molecule has 2 aromatic rings. The molecule has 0 aliphatic rings. The van der Waals surface area contributed by atoms with Crippen molar-refractivity contribution in [1.29, 1.82) is 0 Å². The molecule has 42 heavy (non-hydrogen) atoms. The number of primary amides is 1. The number of imidazole rings is 1. The number of carboxylic acids is 1. The Morgan fingerprint density at radius 1 is 0.881 bits per heavy atom. The summed E-state index contributed by atoms with van der Waals surface area (Å²) in [6.07, 6.45) is 2.95. The van der Waals surface area contributed by atoms with E-state index in [1.54, 1.807) is 30.3 Å². The molecule has 0 bridgehead atoms. The van der Waals surface area contributed by atoms with Crippen LogP contribution in [-0.2, 0) is 36.8 Å². The number of carbonyl (C=O) groups excluding carboxylic acids is 4. The Balaban J connectivity index is 2.19. The highest BCUT2D eigenvalue weighted by atomic mass is 16.4. The third-order valence-electron chi connectivity index (χ3n) is 6.13. The number of carboxylic acid groups (broad SMARTS) is 1. The zero-order valence-corrected chi connectivity index (χ0v) is 23.0. The molecule has 0 fully saturated rings. The minimum absolute atomic E-state index is 0.00953. The monoisotopic (exact) mass is 586 g/mol. The third-order valence-corrected chi connectivity index (χ3v) is 6.13. The van der Waals surface area contributed by atoms with Crippen LogP contribution in [0.4, 0.5) is 0 Å². The van der Waals surface area contributed by atoms with Crippen molar-refractivity contribution in [3.05, 3.63) is 54.1 Å². The first-order valence-electron chi connectivity index (χ1n) is 13.2. The Morgan fingerprint density at radius 2 is 1.52 bits per heavy atom. The fourth-order valence-corrected chi connectivity index (χ4v) is 3.90. The second-order valence-corrected chi connectivity index (χ2v) is 9.55. The quantitative estimate of drug-likeness (QED) is 0.0498. The maximum atomic E-state index is 13.4. The maximum Gasteiger partial charge on any atom is 0.326 e. The summed E-state index contributed by atoms with van der Waals surface area (Å²) in [5.41, 5.74) is 22.9. The topological polar surface area (TPSA) is 287 Å². The molecule has 0 saturated carbocycles. The lowest BCUT2D eigenvalue weighted by atomic mass is 10.0. The Morgan fingerprint density at radius 3 is 2.12 bits per heavy atom. The summed E-state index contributed by atoms with van der Waals surface area (Å²) >= 11 is 0. The van der Waals surface area contributed by atoms with Crippen molar-refractivity contribution >= 4 is 35.6 Å². The minimum Gasteiger partial charge on any atom is -0.480 e. The largest absolute Gasteiger partial charge is 0.480 e. The molecule has 2 rings (SSSR count). The van der Waals surface area contributed by atoms with Crippen LogP contribution in [0.15, 0.2) is 47.8 Å². The third kappa shape index (κ3) is 12.0. The van der Waals surface area contributed by atoms with E-state index in [0.717, 1.165) is 0 Å². The molecule has 0 spiro atoms. The molecule has 0 aliphatic carbocycles. The van der Waals surface area contributed by atoms with Crippen LogP contribution in [0.25, 0.3) is 0 Å². The van der Waals surface area contributed by atoms with Gasteiger partial charge in [-0.05, 0) is 24.8 Å². The van der Waals surface area contributed by atoms with Crippen LogP contribution in [0.3, 0.4) is 0 Å². The smallest absolute Gasteiger partial charge is 0.326 e. The molecule has 1 aromatic carbocycles. The number of aromatic amines is 1. The van der Waals surface area contributed by atoms with Crippen molar-refractivity contribution in [2.75, 3.05) is 6.54 Å². The first-order valence-corrected chi connectivity index (χ1v) is 13.2. The molecule has 0 radical (unpaired) electrons. The lowest BCUT2D eigenvalue weighted by Gasteiger charge is -2.25. The van der Waals surface area contributed by atoms with Crippen LogP contribution < -0.4 is 38.9 Å². The van der Waals surface area contributed by atoms with E-state index in [1.807, 2.05) is 0 Å². The van der Waals surface area contributed by atoms with E-state index >= 15 is 0 Å².